The molecule has 164 valence electrons. The monoisotopic (exact) mass is 426 g/mol. The fourth-order valence-corrected chi connectivity index (χ4v) is 3.34. The van der Waals surface area contributed by atoms with Crippen molar-refractivity contribution in [3.8, 4) is 5.75 Å². The summed E-state index contributed by atoms with van der Waals surface area (Å²) < 4.78 is 15.5. The van der Waals surface area contributed by atoms with Crippen LogP contribution in [0.15, 0.2) is 54.6 Å². The Morgan fingerprint density at radius 3 is 2.32 bits per heavy atom. The molecule has 1 fully saturated rings. The smallest absolute Gasteiger partial charge is 0.422 e. The third-order valence-corrected chi connectivity index (χ3v) is 4.64. The van der Waals surface area contributed by atoms with Gasteiger partial charge in [-0.1, -0.05) is 30.3 Å². The van der Waals surface area contributed by atoms with Gasteiger partial charge in [-0.05, 0) is 57.0 Å². The Morgan fingerprint density at radius 2 is 1.74 bits per heavy atom. The van der Waals surface area contributed by atoms with E-state index in [4.69, 9.17) is 14.2 Å². The molecule has 0 aliphatic carbocycles. The van der Waals surface area contributed by atoms with Gasteiger partial charge in [0.2, 0.25) is 0 Å². The van der Waals surface area contributed by atoms with Crippen molar-refractivity contribution in [2.75, 3.05) is 12.0 Å². The molecular formula is C23H26N2O6. The van der Waals surface area contributed by atoms with Crippen LogP contribution >= 0.6 is 0 Å². The number of benzene rings is 2. The lowest BCUT2D eigenvalue weighted by atomic mass is 9.98. The van der Waals surface area contributed by atoms with Crippen LogP contribution in [0.25, 0.3) is 0 Å². The summed E-state index contributed by atoms with van der Waals surface area (Å²) in [6, 6.07) is 14.2. The van der Waals surface area contributed by atoms with Gasteiger partial charge in [0, 0.05) is 5.69 Å². The highest BCUT2D eigenvalue weighted by molar-refractivity contribution is 6.07. The maximum absolute atomic E-state index is 12.7. The number of anilines is 1. The van der Waals surface area contributed by atoms with Crippen LogP contribution in [-0.2, 0) is 20.7 Å². The van der Waals surface area contributed by atoms with Crippen molar-refractivity contribution in [2.24, 2.45) is 0 Å². The van der Waals surface area contributed by atoms with Gasteiger partial charge in [-0.3, -0.25) is 4.90 Å². The minimum Gasteiger partial charge on any atom is -0.497 e. The summed E-state index contributed by atoms with van der Waals surface area (Å²) in [4.78, 5) is 39.0. The molecular weight excluding hydrogens is 400 g/mol. The predicted molar refractivity (Wildman–Crippen MR) is 114 cm³/mol. The van der Waals surface area contributed by atoms with Gasteiger partial charge in [-0.2, -0.15) is 0 Å². The minimum atomic E-state index is -1.06. The zero-order valence-corrected chi connectivity index (χ0v) is 18.0. The van der Waals surface area contributed by atoms with Crippen molar-refractivity contribution in [2.45, 2.75) is 44.9 Å². The van der Waals surface area contributed by atoms with Gasteiger partial charge in [-0.25, -0.2) is 14.4 Å². The number of carbonyl (C=O) groups is 3. The molecule has 2 aromatic rings. The number of carbonyl (C=O) groups excluding carboxylic acids is 3. The minimum absolute atomic E-state index is 0.291. The molecule has 8 heteroatoms. The van der Waals surface area contributed by atoms with Crippen LogP contribution < -0.4 is 15.0 Å². The van der Waals surface area contributed by atoms with Crippen LogP contribution in [0.3, 0.4) is 0 Å². The SMILES string of the molecule is COc1ccc(N2C(=O)OC(=O)[C@H]2[C@H](Cc2ccccc2)NC(=O)OC(C)(C)C)cc1. The van der Waals surface area contributed by atoms with E-state index in [0.29, 0.717) is 17.9 Å². The summed E-state index contributed by atoms with van der Waals surface area (Å²) in [5.41, 5.74) is 0.611. The molecule has 0 aromatic heterocycles. The molecule has 0 radical (unpaired) electrons. The van der Waals surface area contributed by atoms with E-state index in [2.05, 4.69) is 5.32 Å². The van der Waals surface area contributed by atoms with E-state index in [1.165, 1.54) is 12.0 Å². The molecule has 0 spiro atoms. The number of ether oxygens (including phenoxy) is 3. The fraction of sp³-hybridized carbons (Fsp3) is 0.348. The van der Waals surface area contributed by atoms with Gasteiger partial charge in [0.05, 0.1) is 13.2 Å². The third-order valence-electron chi connectivity index (χ3n) is 4.64. The van der Waals surface area contributed by atoms with Crippen LogP contribution in [-0.4, -0.2) is 43.0 Å². The number of hydrogen-bond donors (Lipinski definition) is 1. The molecule has 3 rings (SSSR count). The lowest BCUT2D eigenvalue weighted by Crippen LogP contribution is -2.54. The highest BCUT2D eigenvalue weighted by Crippen LogP contribution is 2.29. The van der Waals surface area contributed by atoms with Crippen molar-refractivity contribution in [1.82, 2.24) is 5.32 Å². The topological polar surface area (TPSA) is 94.2 Å². The largest absolute Gasteiger partial charge is 0.497 e. The highest BCUT2D eigenvalue weighted by Gasteiger charge is 2.47. The van der Waals surface area contributed by atoms with Crippen molar-refractivity contribution in [1.29, 1.82) is 0 Å². The number of alkyl carbamates (subject to hydrolysis) is 1. The number of rotatable bonds is 6. The molecule has 1 aliphatic rings. The Hall–Kier alpha value is -3.55. The number of methoxy groups -OCH3 is 1. The van der Waals surface area contributed by atoms with Gasteiger partial charge in [0.15, 0.2) is 6.04 Å². The van der Waals surface area contributed by atoms with E-state index in [9.17, 15) is 14.4 Å². The molecule has 0 bridgehead atoms. The summed E-state index contributed by atoms with van der Waals surface area (Å²) in [6.07, 6.45) is -1.20. The Morgan fingerprint density at radius 1 is 1.10 bits per heavy atom. The van der Waals surface area contributed by atoms with Crippen LogP contribution in [0.5, 0.6) is 5.75 Å². The number of nitrogens with one attached hydrogen (secondary N) is 1. The Kier molecular flexibility index (Phi) is 6.48. The van der Waals surface area contributed by atoms with Crippen molar-refractivity contribution in [3.05, 3.63) is 60.2 Å². The average Bonchev–Trinajstić information content (AvgIpc) is 3.00. The van der Waals surface area contributed by atoms with Crippen LogP contribution in [0.4, 0.5) is 15.3 Å². The Bertz CT molecular complexity index is 937. The Balaban J connectivity index is 1.94. The molecule has 1 aliphatic heterocycles. The second-order valence-electron chi connectivity index (χ2n) is 8.14. The van der Waals surface area contributed by atoms with Crippen LogP contribution in [0.1, 0.15) is 26.3 Å². The molecule has 2 amide bonds. The van der Waals surface area contributed by atoms with Crippen molar-refractivity contribution in [3.63, 3.8) is 0 Å². The summed E-state index contributed by atoms with van der Waals surface area (Å²) in [5, 5.41) is 2.76. The van der Waals surface area contributed by atoms with Crippen LogP contribution in [0.2, 0.25) is 0 Å². The first-order chi connectivity index (χ1) is 14.7. The normalized spacial score (nSPS) is 17.2. The predicted octanol–water partition coefficient (Wildman–Crippen LogP) is 3.68. The number of amides is 2. The fourth-order valence-electron chi connectivity index (χ4n) is 3.34. The quantitative estimate of drug-likeness (QED) is 0.559. The lowest BCUT2D eigenvalue weighted by Gasteiger charge is -2.29. The van der Waals surface area contributed by atoms with E-state index < -0.39 is 35.8 Å². The Labute approximate surface area is 181 Å². The van der Waals surface area contributed by atoms with Crippen LogP contribution in [0, 0.1) is 0 Å². The molecule has 1 saturated heterocycles. The number of esters is 1. The first kappa shape index (κ1) is 22.1. The molecule has 31 heavy (non-hydrogen) atoms. The molecule has 0 saturated carbocycles. The van der Waals surface area contributed by atoms with E-state index in [-0.39, 0.29) is 0 Å². The van der Waals surface area contributed by atoms with Gasteiger partial charge in [0.1, 0.15) is 11.4 Å². The van der Waals surface area contributed by atoms with Gasteiger partial charge < -0.3 is 19.5 Å². The third kappa shape index (κ3) is 5.53. The maximum Gasteiger partial charge on any atom is 0.422 e. The molecule has 8 nitrogen and oxygen atoms in total. The maximum atomic E-state index is 12.7. The van der Waals surface area contributed by atoms with Gasteiger partial charge in [0.25, 0.3) is 0 Å². The molecule has 1 N–H and O–H groups in total. The first-order valence-electron chi connectivity index (χ1n) is 9.90. The number of hydrogen-bond acceptors (Lipinski definition) is 6. The zero-order valence-electron chi connectivity index (χ0n) is 18.0. The summed E-state index contributed by atoms with van der Waals surface area (Å²) in [6.45, 7) is 5.24. The number of cyclic esters (lactones) is 2. The van der Waals surface area contributed by atoms with E-state index >= 15 is 0 Å². The molecule has 2 aromatic carbocycles. The van der Waals surface area contributed by atoms with Crippen molar-refractivity contribution < 1.29 is 28.6 Å². The van der Waals surface area contributed by atoms with E-state index in [1.807, 2.05) is 30.3 Å². The molecule has 1 heterocycles. The van der Waals surface area contributed by atoms with Gasteiger partial charge >= 0.3 is 18.2 Å². The lowest BCUT2D eigenvalue weighted by molar-refractivity contribution is -0.135. The molecule has 0 unspecified atom stereocenters. The standard InChI is InChI=1S/C23H26N2O6/c1-23(2,3)31-21(27)24-18(14-15-8-6-5-7-9-15)19-20(26)30-22(28)25(19)16-10-12-17(29-4)13-11-16/h5-13,18-19H,14H2,1-4H3,(H,24,27)/t18-,19+/m0/s1. The summed E-state index contributed by atoms with van der Waals surface area (Å²) >= 11 is 0. The van der Waals surface area contributed by atoms with E-state index in [1.54, 1.807) is 45.0 Å². The highest BCUT2D eigenvalue weighted by atomic mass is 16.6. The zero-order chi connectivity index (χ0) is 22.6. The van der Waals surface area contributed by atoms with E-state index in [0.717, 1.165) is 5.56 Å². The van der Waals surface area contributed by atoms with Gasteiger partial charge in [-0.15, -0.1) is 0 Å². The summed E-state index contributed by atoms with van der Waals surface area (Å²) in [7, 11) is 1.53. The first-order valence-corrected chi connectivity index (χ1v) is 9.90. The second-order valence-corrected chi connectivity index (χ2v) is 8.14. The van der Waals surface area contributed by atoms with Crippen molar-refractivity contribution >= 4 is 23.8 Å². The average molecular weight is 426 g/mol. The second kappa shape index (κ2) is 9.07. The molecule has 2 atom stereocenters. The summed E-state index contributed by atoms with van der Waals surface area (Å²) in [5.74, 6) is -0.135. The number of nitrogens with zero attached hydrogens (tertiary/aromatic N) is 1.